The molecule has 41 heavy (non-hydrogen) atoms. The third-order valence-corrected chi connectivity index (χ3v) is 6.47. The Labute approximate surface area is 238 Å². The van der Waals surface area contributed by atoms with Crippen LogP contribution in [0.4, 0.5) is 11.4 Å². The number of nitrogens with zero attached hydrogens (tertiary/aromatic N) is 1. The molecule has 5 rings (SSSR count). The highest BCUT2D eigenvalue weighted by Gasteiger charge is 2.19. The van der Waals surface area contributed by atoms with Gasteiger partial charge in [0.15, 0.2) is 17.3 Å². The fourth-order valence-corrected chi connectivity index (χ4v) is 4.32. The average Bonchev–Trinajstić information content (AvgIpc) is 3.39. The number of aryl methyl sites for hydroxylation is 1. The second-order valence-corrected chi connectivity index (χ2v) is 9.31. The molecule has 7 heteroatoms. The molecule has 0 aliphatic carbocycles. The van der Waals surface area contributed by atoms with Gasteiger partial charge in [-0.1, -0.05) is 73.7 Å². The molecular formula is C34H30N2O5. The Hall–Kier alpha value is -5.17. The van der Waals surface area contributed by atoms with Gasteiger partial charge in [0.1, 0.15) is 5.76 Å². The van der Waals surface area contributed by atoms with Crippen LogP contribution >= 0.6 is 0 Å². The van der Waals surface area contributed by atoms with E-state index in [1.807, 2.05) is 73.7 Å². The first-order valence-electron chi connectivity index (χ1n) is 13.5. The quantitative estimate of drug-likeness (QED) is 0.104. The van der Waals surface area contributed by atoms with E-state index in [2.05, 4.69) is 10.3 Å². The van der Waals surface area contributed by atoms with Crippen molar-refractivity contribution in [2.75, 3.05) is 11.9 Å². The highest BCUT2D eigenvalue weighted by atomic mass is 16.6. The Morgan fingerprint density at radius 1 is 0.829 bits per heavy atom. The number of oxazole rings is 1. The number of ether oxygens (including phenoxy) is 2. The lowest BCUT2D eigenvalue weighted by Gasteiger charge is -2.17. The maximum Gasteiger partial charge on any atom is 0.311 e. The number of carbonyl (C=O) groups excluding carboxylic acids is 2. The van der Waals surface area contributed by atoms with Gasteiger partial charge in [-0.15, -0.1) is 0 Å². The standard InChI is InChI=1S/C34H30N2O5/c1-3-31(37)41-33-29(35-28-18-11-10-17-26(28)32(38)24-13-6-4-7-14-24)19-12-20-30(33)39-22-21-27-23(2)40-34(36-27)25-15-8-5-9-16-25/h4-20,35H,3,21-22H2,1-2H3. The van der Waals surface area contributed by atoms with Gasteiger partial charge in [-0.25, -0.2) is 4.98 Å². The normalized spacial score (nSPS) is 10.7. The van der Waals surface area contributed by atoms with Crippen LogP contribution in [-0.2, 0) is 11.2 Å². The van der Waals surface area contributed by atoms with Crippen molar-refractivity contribution in [2.24, 2.45) is 0 Å². The van der Waals surface area contributed by atoms with Crippen molar-refractivity contribution in [1.82, 2.24) is 4.98 Å². The third-order valence-electron chi connectivity index (χ3n) is 6.47. The van der Waals surface area contributed by atoms with Crippen LogP contribution in [0.5, 0.6) is 11.5 Å². The molecular weight excluding hydrogens is 516 g/mol. The van der Waals surface area contributed by atoms with E-state index in [-0.39, 0.29) is 24.6 Å². The predicted octanol–water partition coefficient (Wildman–Crippen LogP) is 7.56. The molecule has 0 bridgehead atoms. The molecule has 4 aromatic carbocycles. The van der Waals surface area contributed by atoms with Gasteiger partial charge in [0.25, 0.3) is 0 Å². The lowest BCUT2D eigenvalue weighted by molar-refractivity contribution is -0.134. The summed E-state index contributed by atoms with van der Waals surface area (Å²) in [6.45, 7) is 3.89. The molecule has 0 fully saturated rings. The molecule has 206 valence electrons. The van der Waals surface area contributed by atoms with Crippen molar-refractivity contribution >= 4 is 23.1 Å². The molecule has 0 unspecified atom stereocenters. The van der Waals surface area contributed by atoms with E-state index in [4.69, 9.17) is 13.9 Å². The number of para-hydroxylation sites is 2. The van der Waals surface area contributed by atoms with Gasteiger partial charge in [-0.2, -0.15) is 0 Å². The number of hydrogen-bond donors (Lipinski definition) is 1. The maximum absolute atomic E-state index is 13.3. The zero-order valence-corrected chi connectivity index (χ0v) is 22.9. The largest absolute Gasteiger partial charge is 0.489 e. The van der Waals surface area contributed by atoms with Crippen molar-refractivity contribution in [3.8, 4) is 23.0 Å². The minimum Gasteiger partial charge on any atom is -0.489 e. The topological polar surface area (TPSA) is 90.7 Å². The van der Waals surface area contributed by atoms with E-state index in [0.717, 1.165) is 17.0 Å². The average molecular weight is 547 g/mol. The Kier molecular flexibility index (Phi) is 8.55. The van der Waals surface area contributed by atoms with Crippen LogP contribution in [0, 0.1) is 6.92 Å². The number of rotatable bonds is 11. The molecule has 7 nitrogen and oxygen atoms in total. The predicted molar refractivity (Wildman–Crippen MR) is 158 cm³/mol. The Morgan fingerprint density at radius 3 is 2.27 bits per heavy atom. The Balaban J connectivity index is 1.38. The van der Waals surface area contributed by atoms with Crippen molar-refractivity contribution in [1.29, 1.82) is 0 Å². The van der Waals surface area contributed by atoms with E-state index < -0.39 is 5.97 Å². The molecule has 1 N–H and O–H groups in total. The molecule has 0 spiro atoms. The van der Waals surface area contributed by atoms with Crippen LogP contribution in [0.25, 0.3) is 11.5 Å². The highest BCUT2D eigenvalue weighted by Crippen LogP contribution is 2.38. The zero-order valence-electron chi connectivity index (χ0n) is 22.9. The van der Waals surface area contributed by atoms with Crippen LogP contribution in [0.3, 0.4) is 0 Å². The van der Waals surface area contributed by atoms with Crippen LogP contribution in [-0.4, -0.2) is 23.3 Å². The lowest BCUT2D eigenvalue weighted by atomic mass is 10.0. The summed E-state index contributed by atoms with van der Waals surface area (Å²) in [7, 11) is 0. The summed E-state index contributed by atoms with van der Waals surface area (Å²) in [5.74, 6) is 1.41. The van der Waals surface area contributed by atoms with Gasteiger partial charge in [0.05, 0.1) is 18.0 Å². The molecule has 0 saturated carbocycles. The Morgan fingerprint density at radius 2 is 1.51 bits per heavy atom. The SMILES string of the molecule is CCC(=O)Oc1c(Nc2ccccc2C(=O)c2ccccc2)cccc1OCCc1nc(-c2ccccc2)oc1C. The summed E-state index contributed by atoms with van der Waals surface area (Å²) in [6, 6.07) is 31.4. The fourth-order valence-electron chi connectivity index (χ4n) is 4.32. The molecule has 0 aliphatic rings. The number of esters is 1. The number of nitrogens with one attached hydrogen (secondary N) is 1. The Bertz CT molecular complexity index is 1640. The first-order valence-corrected chi connectivity index (χ1v) is 13.5. The molecule has 5 aromatic rings. The van der Waals surface area contributed by atoms with Crippen molar-refractivity contribution in [2.45, 2.75) is 26.7 Å². The number of hydrogen-bond acceptors (Lipinski definition) is 7. The van der Waals surface area contributed by atoms with Gasteiger partial charge < -0.3 is 19.2 Å². The van der Waals surface area contributed by atoms with Crippen molar-refractivity contribution in [3.05, 3.63) is 126 Å². The van der Waals surface area contributed by atoms with Crippen LogP contribution in [0.1, 0.15) is 40.7 Å². The smallest absolute Gasteiger partial charge is 0.311 e. The third kappa shape index (κ3) is 6.53. The number of anilines is 2. The highest BCUT2D eigenvalue weighted by molar-refractivity contribution is 6.12. The van der Waals surface area contributed by atoms with Crippen LogP contribution in [0.2, 0.25) is 0 Å². The van der Waals surface area contributed by atoms with Gasteiger partial charge in [0.2, 0.25) is 5.89 Å². The van der Waals surface area contributed by atoms with E-state index in [9.17, 15) is 9.59 Å². The van der Waals surface area contributed by atoms with Crippen LogP contribution in [0.15, 0.2) is 108 Å². The molecule has 0 amide bonds. The zero-order chi connectivity index (χ0) is 28.6. The van der Waals surface area contributed by atoms with Gasteiger partial charge >= 0.3 is 5.97 Å². The molecule has 0 aliphatic heterocycles. The monoisotopic (exact) mass is 546 g/mol. The molecule has 0 atom stereocenters. The first-order chi connectivity index (χ1) is 20.0. The van der Waals surface area contributed by atoms with Gasteiger partial charge in [-0.3, -0.25) is 9.59 Å². The maximum atomic E-state index is 13.3. The van der Waals surface area contributed by atoms with E-state index in [0.29, 0.717) is 40.6 Å². The minimum atomic E-state index is -0.405. The summed E-state index contributed by atoms with van der Waals surface area (Å²) in [4.78, 5) is 30.3. The van der Waals surface area contributed by atoms with E-state index >= 15 is 0 Å². The summed E-state index contributed by atoms with van der Waals surface area (Å²) in [6.07, 6.45) is 0.687. The molecule has 0 saturated heterocycles. The minimum absolute atomic E-state index is 0.119. The lowest BCUT2D eigenvalue weighted by Crippen LogP contribution is -2.11. The number of ketones is 1. The van der Waals surface area contributed by atoms with Crippen LogP contribution < -0.4 is 14.8 Å². The number of carbonyl (C=O) groups is 2. The van der Waals surface area contributed by atoms with E-state index in [1.54, 1.807) is 43.3 Å². The second-order valence-electron chi connectivity index (χ2n) is 9.31. The number of aromatic nitrogens is 1. The summed E-state index contributed by atoms with van der Waals surface area (Å²) < 4.78 is 17.7. The summed E-state index contributed by atoms with van der Waals surface area (Å²) >= 11 is 0. The molecule has 1 heterocycles. The molecule has 1 aromatic heterocycles. The fraction of sp³-hybridized carbons (Fsp3) is 0.147. The summed E-state index contributed by atoms with van der Waals surface area (Å²) in [5, 5.41) is 3.29. The van der Waals surface area contributed by atoms with Gasteiger partial charge in [-0.05, 0) is 43.3 Å². The second kappa shape index (κ2) is 12.8. The van der Waals surface area contributed by atoms with E-state index in [1.165, 1.54) is 0 Å². The van der Waals surface area contributed by atoms with Crippen molar-refractivity contribution < 1.29 is 23.5 Å². The van der Waals surface area contributed by atoms with Gasteiger partial charge in [0, 0.05) is 35.2 Å². The molecule has 0 radical (unpaired) electrons. The first kappa shape index (κ1) is 27.4. The summed E-state index contributed by atoms with van der Waals surface area (Å²) in [5.41, 5.74) is 3.85. The number of benzene rings is 4. The van der Waals surface area contributed by atoms with Crippen molar-refractivity contribution in [3.63, 3.8) is 0 Å².